The van der Waals surface area contributed by atoms with Gasteiger partial charge in [0.25, 0.3) is 10.0 Å². The minimum Gasteiger partial charge on any atom is -0.350 e. The highest BCUT2D eigenvalue weighted by molar-refractivity contribution is 7.92. The Balaban J connectivity index is 1.89. The van der Waals surface area contributed by atoms with Crippen molar-refractivity contribution >= 4 is 62.3 Å². The molecular formula is C36H35Cl3F3N3O4S. The van der Waals surface area contributed by atoms with Crippen LogP contribution in [0.15, 0.2) is 95.9 Å². The lowest BCUT2D eigenvalue weighted by Gasteiger charge is -2.35. The van der Waals surface area contributed by atoms with Crippen molar-refractivity contribution in [2.24, 2.45) is 0 Å². The quantitative estimate of drug-likeness (QED) is 0.166. The van der Waals surface area contributed by atoms with Crippen LogP contribution in [-0.4, -0.2) is 43.3 Å². The molecule has 4 rings (SSSR count). The van der Waals surface area contributed by atoms with Crippen LogP contribution in [0.25, 0.3) is 0 Å². The van der Waals surface area contributed by atoms with Crippen LogP contribution in [0.4, 0.5) is 18.9 Å². The fourth-order valence-electron chi connectivity index (χ4n) is 5.09. The van der Waals surface area contributed by atoms with Gasteiger partial charge in [0, 0.05) is 18.5 Å². The molecule has 0 aromatic heterocycles. The number of nitrogens with one attached hydrogen (secondary N) is 1. The topological polar surface area (TPSA) is 86.8 Å². The predicted molar refractivity (Wildman–Crippen MR) is 191 cm³/mol. The summed E-state index contributed by atoms with van der Waals surface area (Å²) in [5.74, 6) is -1.41. The molecular weight excluding hydrogens is 734 g/mol. The van der Waals surface area contributed by atoms with Crippen molar-refractivity contribution in [1.82, 2.24) is 10.2 Å². The summed E-state index contributed by atoms with van der Waals surface area (Å²) in [4.78, 5) is 29.5. The number of benzene rings is 4. The Kier molecular flexibility index (Phi) is 12.2. The van der Waals surface area contributed by atoms with E-state index in [0.29, 0.717) is 21.5 Å². The van der Waals surface area contributed by atoms with E-state index in [1.807, 2.05) is 0 Å². The molecule has 0 saturated carbocycles. The van der Waals surface area contributed by atoms with Crippen molar-refractivity contribution in [2.75, 3.05) is 10.8 Å². The average Bonchev–Trinajstić information content (AvgIpc) is 3.02. The van der Waals surface area contributed by atoms with Crippen LogP contribution in [0.2, 0.25) is 15.1 Å². The van der Waals surface area contributed by atoms with E-state index in [1.54, 1.807) is 64.1 Å². The molecule has 0 fully saturated rings. The standard InChI is InChI=1S/C36H35Cl3F3N3O4S/c1-23-10-14-27(15-11-23)50(48,49)45(26-13-17-29(37)28(20-26)36(40,41)42)22-33(46)44(21-25-12-16-30(38)31(39)18-25)32(34(47)43-35(2,3)4)19-24-8-6-5-7-9-24/h5-18,20,32H,19,21-22H2,1-4H3,(H,43,47)/t32-/m1/s1. The van der Waals surface area contributed by atoms with Crippen LogP contribution in [-0.2, 0) is 38.8 Å². The second kappa shape index (κ2) is 15.6. The molecule has 0 saturated heterocycles. The highest BCUT2D eigenvalue weighted by Gasteiger charge is 2.38. The Morgan fingerprint density at radius 2 is 1.42 bits per heavy atom. The molecule has 0 aliphatic heterocycles. The number of hydrogen-bond acceptors (Lipinski definition) is 4. The van der Waals surface area contributed by atoms with E-state index in [0.717, 1.165) is 17.7 Å². The highest BCUT2D eigenvalue weighted by atomic mass is 35.5. The highest BCUT2D eigenvalue weighted by Crippen LogP contribution is 2.38. The van der Waals surface area contributed by atoms with Crippen molar-refractivity contribution in [3.8, 4) is 0 Å². The van der Waals surface area contributed by atoms with Gasteiger partial charge in [-0.2, -0.15) is 13.2 Å². The number of carbonyl (C=O) groups is 2. The van der Waals surface area contributed by atoms with Gasteiger partial charge in [0.15, 0.2) is 0 Å². The number of aryl methyl sites for hydroxylation is 1. The minimum absolute atomic E-state index is 0.0275. The average molecular weight is 769 g/mol. The first-order valence-electron chi connectivity index (χ1n) is 15.3. The lowest BCUT2D eigenvalue weighted by Crippen LogP contribution is -2.56. The summed E-state index contributed by atoms with van der Waals surface area (Å²) in [5.41, 5.74) is -0.559. The molecule has 1 atom stereocenters. The molecule has 0 radical (unpaired) electrons. The number of carbonyl (C=O) groups excluding carboxylic acids is 2. The Labute approximate surface area is 305 Å². The first kappa shape index (κ1) is 39.0. The molecule has 0 unspecified atom stereocenters. The molecule has 0 bridgehead atoms. The lowest BCUT2D eigenvalue weighted by molar-refractivity contribution is -0.140. The Hall–Kier alpha value is -3.77. The molecule has 0 aliphatic carbocycles. The smallest absolute Gasteiger partial charge is 0.350 e. The van der Waals surface area contributed by atoms with Crippen LogP contribution < -0.4 is 9.62 Å². The number of halogens is 6. The second-order valence-electron chi connectivity index (χ2n) is 12.7. The van der Waals surface area contributed by atoms with E-state index in [9.17, 15) is 31.2 Å². The molecule has 1 N–H and O–H groups in total. The SMILES string of the molecule is Cc1ccc(S(=O)(=O)N(CC(=O)N(Cc2ccc(Cl)c(Cl)c2)[C@H](Cc2ccccc2)C(=O)NC(C)(C)C)c2ccc(Cl)c(C(F)(F)F)c2)cc1. The molecule has 7 nitrogen and oxygen atoms in total. The summed E-state index contributed by atoms with van der Waals surface area (Å²) in [6.45, 7) is 5.85. The van der Waals surface area contributed by atoms with Crippen LogP contribution in [0.1, 0.15) is 43.0 Å². The van der Waals surface area contributed by atoms with E-state index >= 15 is 0 Å². The zero-order valence-electron chi connectivity index (χ0n) is 27.6. The number of hydrogen-bond donors (Lipinski definition) is 1. The van der Waals surface area contributed by atoms with Gasteiger partial charge < -0.3 is 10.2 Å². The third-order valence-electron chi connectivity index (χ3n) is 7.54. The van der Waals surface area contributed by atoms with Crippen molar-refractivity contribution in [1.29, 1.82) is 0 Å². The van der Waals surface area contributed by atoms with E-state index in [-0.39, 0.29) is 27.9 Å². The molecule has 266 valence electrons. The van der Waals surface area contributed by atoms with E-state index < -0.39 is 62.4 Å². The van der Waals surface area contributed by atoms with Crippen LogP contribution in [0.5, 0.6) is 0 Å². The summed E-state index contributed by atoms with van der Waals surface area (Å²) in [7, 11) is -4.66. The van der Waals surface area contributed by atoms with Gasteiger partial charge in [-0.05, 0) is 81.3 Å². The minimum atomic E-state index is -4.93. The van der Waals surface area contributed by atoms with Crippen molar-refractivity contribution < 1.29 is 31.2 Å². The molecule has 0 aliphatic rings. The van der Waals surface area contributed by atoms with Gasteiger partial charge in [0.05, 0.1) is 31.2 Å². The predicted octanol–water partition coefficient (Wildman–Crippen LogP) is 8.72. The van der Waals surface area contributed by atoms with Crippen LogP contribution >= 0.6 is 34.8 Å². The molecule has 4 aromatic rings. The summed E-state index contributed by atoms with van der Waals surface area (Å²) < 4.78 is 71.0. The molecule has 2 amide bonds. The van der Waals surface area contributed by atoms with E-state index in [2.05, 4.69) is 5.32 Å². The number of sulfonamides is 1. The Morgan fingerprint density at radius 3 is 2.00 bits per heavy atom. The van der Waals surface area contributed by atoms with Crippen LogP contribution in [0, 0.1) is 6.92 Å². The Bertz CT molecular complexity index is 1950. The number of rotatable bonds is 11. The normalized spacial score (nSPS) is 12.7. The number of alkyl halides is 3. The fourth-order valence-corrected chi connectivity index (χ4v) is 7.04. The Morgan fingerprint density at radius 1 is 0.800 bits per heavy atom. The third kappa shape index (κ3) is 9.93. The second-order valence-corrected chi connectivity index (χ2v) is 15.8. The molecule has 0 spiro atoms. The third-order valence-corrected chi connectivity index (χ3v) is 10.4. The summed E-state index contributed by atoms with van der Waals surface area (Å²) in [5, 5.41) is 2.69. The van der Waals surface area contributed by atoms with Crippen molar-refractivity contribution in [2.45, 2.75) is 63.3 Å². The van der Waals surface area contributed by atoms with Gasteiger partial charge in [0.1, 0.15) is 12.6 Å². The van der Waals surface area contributed by atoms with Gasteiger partial charge in [-0.3, -0.25) is 13.9 Å². The first-order valence-corrected chi connectivity index (χ1v) is 17.9. The van der Waals surface area contributed by atoms with E-state index in [4.69, 9.17) is 34.8 Å². The lowest BCUT2D eigenvalue weighted by atomic mass is 10.0. The number of nitrogens with zero attached hydrogens (tertiary/aromatic N) is 2. The van der Waals surface area contributed by atoms with Crippen LogP contribution in [0.3, 0.4) is 0 Å². The summed E-state index contributed by atoms with van der Waals surface area (Å²) in [6, 6.07) is 20.6. The zero-order valence-corrected chi connectivity index (χ0v) is 30.6. The van der Waals surface area contributed by atoms with Crippen molar-refractivity contribution in [3.63, 3.8) is 0 Å². The molecule has 14 heteroatoms. The largest absolute Gasteiger partial charge is 0.417 e. The van der Waals surface area contributed by atoms with Gasteiger partial charge in [-0.25, -0.2) is 8.42 Å². The van der Waals surface area contributed by atoms with Gasteiger partial charge in [-0.15, -0.1) is 0 Å². The molecule has 0 heterocycles. The molecule has 50 heavy (non-hydrogen) atoms. The number of amides is 2. The number of anilines is 1. The van der Waals surface area contributed by atoms with Gasteiger partial charge in [-0.1, -0.05) is 88.9 Å². The van der Waals surface area contributed by atoms with Gasteiger partial charge in [0.2, 0.25) is 11.8 Å². The maximum Gasteiger partial charge on any atom is 0.417 e. The van der Waals surface area contributed by atoms with Gasteiger partial charge >= 0.3 is 6.18 Å². The maximum absolute atomic E-state index is 14.6. The zero-order chi connectivity index (χ0) is 37.0. The fraction of sp³-hybridized carbons (Fsp3) is 0.278. The maximum atomic E-state index is 14.6. The van der Waals surface area contributed by atoms with Crippen molar-refractivity contribution in [3.05, 3.63) is 128 Å². The molecule has 4 aromatic carbocycles. The monoisotopic (exact) mass is 767 g/mol. The van der Waals surface area contributed by atoms with E-state index in [1.165, 1.54) is 41.3 Å². The summed E-state index contributed by atoms with van der Waals surface area (Å²) >= 11 is 18.3. The summed E-state index contributed by atoms with van der Waals surface area (Å²) in [6.07, 6.45) is -4.90. The first-order chi connectivity index (χ1) is 23.3.